The first-order valence-corrected chi connectivity index (χ1v) is 15.0. The fourth-order valence-corrected chi connectivity index (χ4v) is 7.53. The molecule has 5 aromatic rings. The first-order valence-electron chi connectivity index (χ1n) is 15.0. The van der Waals surface area contributed by atoms with Crippen molar-refractivity contribution in [2.75, 3.05) is 4.90 Å². The summed E-state index contributed by atoms with van der Waals surface area (Å²) in [6, 6.07) is 37.5. The molecule has 3 aliphatic heterocycles. The highest BCUT2D eigenvalue weighted by molar-refractivity contribution is 6.06. The zero-order valence-corrected chi connectivity index (χ0v) is 24.2. The van der Waals surface area contributed by atoms with E-state index in [4.69, 9.17) is 9.98 Å². The Morgan fingerprint density at radius 3 is 2.35 bits per heavy atom. The van der Waals surface area contributed by atoms with Gasteiger partial charge in [-0.1, -0.05) is 105 Å². The molecule has 1 aliphatic carbocycles. The number of aliphatic imine (C=N–C) groups is 2. The highest BCUT2D eigenvalue weighted by Crippen LogP contribution is 2.50. The van der Waals surface area contributed by atoms with Gasteiger partial charge in [-0.05, 0) is 68.4 Å². The number of hydrogen-bond donors (Lipinski definition) is 1. The lowest BCUT2D eigenvalue weighted by atomic mass is 9.80. The van der Waals surface area contributed by atoms with Crippen LogP contribution in [0, 0.1) is 0 Å². The number of benzene rings is 5. The molecule has 4 nitrogen and oxygen atoms in total. The topological polar surface area (TPSA) is 40.0 Å². The van der Waals surface area contributed by atoms with Gasteiger partial charge in [0, 0.05) is 28.3 Å². The Labute approximate surface area is 251 Å². The highest BCUT2D eigenvalue weighted by atomic mass is 15.3. The number of hydrogen-bond acceptors (Lipinski definition) is 4. The average molecular weight is 555 g/mol. The summed E-state index contributed by atoms with van der Waals surface area (Å²) in [5.41, 5.74) is 12.3. The minimum Gasteiger partial charge on any atom is -0.344 e. The van der Waals surface area contributed by atoms with Crippen molar-refractivity contribution in [3.8, 4) is 22.3 Å². The molecule has 0 bridgehead atoms. The first kappa shape index (κ1) is 24.4. The van der Waals surface area contributed by atoms with E-state index < -0.39 is 0 Å². The van der Waals surface area contributed by atoms with Crippen LogP contribution in [0.15, 0.2) is 137 Å². The van der Waals surface area contributed by atoms with Crippen LogP contribution < -0.4 is 10.2 Å². The molecular weight excluding hydrogens is 524 g/mol. The van der Waals surface area contributed by atoms with Crippen LogP contribution in [0.1, 0.15) is 36.1 Å². The summed E-state index contributed by atoms with van der Waals surface area (Å²) in [7, 11) is 0. The smallest absolute Gasteiger partial charge is 0.149 e. The number of dihydropyridines is 1. The second kappa shape index (κ2) is 8.89. The van der Waals surface area contributed by atoms with Crippen LogP contribution in [0.25, 0.3) is 33.0 Å². The van der Waals surface area contributed by atoms with E-state index >= 15 is 0 Å². The predicted molar refractivity (Wildman–Crippen MR) is 178 cm³/mol. The Balaban J connectivity index is 1.27. The second-order valence-corrected chi connectivity index (χ2v) is 12.3. The molecule has 0 spiro atoms. The van der Waals surface area contributed by atoms with Crippen LogP contribution in [0.4, 0.5) is 5.69 Å². The van der Waals surface area contributed by atoms with Crippen molar-refractivity contribution in [1.82, 2.24) is 5.32 Å². The summed E-state index contributed by atoms with van der Waals surface area (Å²) in [6.07, 6.45) is 5.87. The lowest BCUT2D eigenvalue weighted by Crippen LogP contribution is -2.43. The largest absolute Gasteiger partial charge is 0.344 e. The van der Waals surface area contributed by atoms with Gasteiger partial charge >= 0.3 is 0 Å². The van der Waals surface area contributed by atoms with E-state index in [-0.39, 0.29) is 11.6 Å². The summed E-state index contributed by atoms with van der Waals surface area (Å²) < 4.78 is 0. The van der Waals surface area contributed by atoms with E-state index in [1.165, 1.54) is 55.4 Å². The minimum absolute atomic E-state index is 0.151. The molecule has 0 saturated heterocycles. The Morgan fingerprint density at radius 1 is 0.744 bits per heavy atom. The zero-order valence-electron chi connectivity index (χ0n) is 24.2. The second-order valence-electron chi connectivity index (χ2n) is 12.3. The summed E-state index contributed by atoms with van der Waals surface area (Å²) in [4.78, 5) is 12.8. The maximum Gasteiger partial charge on any atom is 0.149 e. The van der Waals surface area contributed by atoms with Crippen molar-refractivity contribution in [2.45, 2.75) is 32.0 Å². The van der Waals surface area contributed by atoms with E-state index in [9.17, 15) is 0 Å². The van der Waals surface area contributed by atoms with Gasteiger partial charge < -0.3 is 10.2 Å². The van der Waals surface area contributed by atoms with Gasteiger partial charge in [0.2, 0.25) is 0 Å². The van der Waals surface area contributed by atoms with Gasteiger partial charge in [-0.25, -0.2) is 4.99 Å². The first-order chi connectivity index (χ1) is 21.1. The Bertz CT molecular complexity index is 2130. The quantitative estimate of drug-likeness (QED) is 0.238. The minimum atomic E-state index is -0.212. The average Bonchev–Trinajstić information content (AvgIpc) is 3.29. The zero-order chi connectivity index (χ0) is 28.7. The van der Waals surface area contributed by atoms with E-state index in [1.54, 1.807) is 0 Å². The molecule has 1 atom stereocenters. The van der Waals surface area contributed by atoms with Gasteiger partial charge in [0.25, 0.3) is 0 Å². The fourth-order valence-electron chi connectivity index (χ4n) is 7.53. The number of rotatable bonds is 2. The third kappa shape index (κ3) is 3.50. The van der Waals surface area contributed by atoms with Crippen molar-refractivity contribution in [3.05, 3.63) is 149 Å². The Hall–Kier alpha value is -5.22. The van der Waals surface area contributed by atoms with Crippen LogP contribution in [0.3, 0.4) is 0 Å². The summed E-state index contributed by atoms with van der Waals surface area (Å²) in [5.74, 6) is 1.82. The highest BCUT2D eigenvalue weighted by Gasteiger charge is 2.39. The van der Waals surface area contributed by atoms with Gasteiger partial charge in [0.1, 0.15) is 17.8 Å². The molecular formula is C39H30N4. The summed E-state index contributed by atoms with van der Waals surface area (Å²) in [6.45, 7) is 5.40. The molecule has 1 N–H and O–H groups in total. The fraction of sp³-hybridized carbons (Fsp3) is 0.128. The third-order valence-electron chi connectivity index (χ3n) is 9.52. The van der Waals surface area contributed by atoms with Crippen molar-refractivity contribution in [1.29, 1.82) is 0 Å². The molecule has 9 rings (SSSR count). The normalized spacial score (nSPS) is 18.8. The van der Waals surface area contributed by atoms with E-state index in [2.05, 4.69) is 133 Å². The van der Waals surface area contributed by atoms with Crippen LogP contribution in [0.5, 0.6) is 0 Å². The Kier molecular flexibility index (Phi) is 5.04. The van der Waals surface area contributed by atoms with E-state index in [0.29, 0.717) is 0 Å². The molecule has 0 aromatic heterocycles. The van der Waals surface area contributed by atoms with Crippen LogP contribution in [-0.4, -0.2) is 18.2 Å². The van der Waals surface area contributed by atoms with Crippen molar-refractivity contribution < 1.29 is 0 Å². The van der Waals surface area contributed by atoms with E-state index in [1.807, 2.05) is 12.3 Å². The van der Waals surface area contributed by atoms with Crippen LogP contribution >= 0.6 is 0 Å². The summed E-state index contributed by atoms with van der Waals surface area (Å²) >= 11 is 0. The summed E-state index contributed by atoms with van der Waals surface area (Å²) in [5, 5.41) is 6.19. The SMILES string of the molecule is CC1(C)c2ccccc2-c2cccc(C3=NC(N4Cc5ccccc5-c5cc6ccccc6cc54)=C4C=CC=NC4N3)c21. The number of amidine groups is 1. The number of fused-ring (bicyclic) bond motifs is 8. The molecule has 4 aliphatic rings. The van der Waals surface area contributed by atoms with Gasteiger partial charge in [-0.15, -0.1) is 0 Å². The molecule has 206 valence electrons. The molecule has 5 aromatic carbocycles. The molecule has 1 unspecified atom stereocenters. The molecule has 0 radical (unpaired) electrons. The lowest BCUT2D eigenvalue weighted by Gasteiger charge is -2.38. The Morgan fingerprint density at radius 2 is 1.47 bits per heavy atom. The number of anilines is 1. The third-order valence-corrected chi connectivity index (χ3v) is 9.52. The van der Waals surface area contributed by atoms with Gasteiger partial charge in [0.05, 0.1) is 12.2 Å². The van der Waals surface area contributed by atoms with Crippen LogP contribution in [-0.2, 0) is 12.0 Å². The number of allylic oxidation sites excluding steroid dienone is 1. The molecule has 0 amide bonds. The maximum atomic E-state index is 5.50. The predicted octanol–water partition coefficient (Wildman–Crippen LogP) is 8.36. The van der Waals surface area contributed by atoms with Gasteiger partial charge in [-0.2, -0.15) is 0 Å². The van der Waals surface area contributed by atoms with Gasteiger partial charge in [-0.3, -0.25) is 4.99 Å². The van der Waals surface area contributed by atoms with Crippen LogP contribution in [0.2, 0.25) is 0 Å². The van der Waals surface area contributed by atoms with Crippen molar-refractivity contribution in [2.24, 2.45) is 9.98 Å². The maximum absolute atomic E-state index is 5.50. The molecule has 3 heterocycles. The lowest BCUT2D eigenvalue weighted by molar-refractivity contribution is 0.654. The standard InChI is InChI=1S/C39H30N4/c1-39(2)33-19-8-7-15-28(33)29-16-9-17-30(35(29)39)37-41-36-31(18-10-20-40-36)38(42-37)43-23-26-13-5-6-14-27(26)32-21-24-11-3-4-12-25(24)22-34(32)43/h3-22,36H,23H2,1-2H3,(H,41,42). The molecule has 4 heteroatoms. The monoisotopic (exact) mass is 554 g/mol. The van der Waals surface area contributed by atoms with Gasteiger partial charge in [0.15, 0.2) is 0 Å². The number of nitrogens with one attached hydrogen (secondary N) is 1. The molecule has 0 fully saturated rings. The molecule has 0 saturated carbocycles. The number of nitrogens with zero attached hydrogens (tertiary/aromatic N) is 3. The van der Waals surface area contributed by atoms with E-state index in [0.717, 1.165) is 29.3 Å². The van der Waals surface area contributed by atoms with Crippen molar-refractivity contribution >= 4 is 28.5 Å². The van der Waals surface area contributed by atoms with Crippen molar-refractivity contribution in [3.63, 3.8) is 0 Å². The molecule has 43 heavy (non-hydrogen) atoms.